The first kappa shape index (κ1) is 15.8. The number of nitro groups is 1. The maximum atomic E-state index is 12.0. The molecule has 1 aliphatic heterocycles. The number of benzene rings is 3. The van der Waals surface area contributed by atoms with Crippen molar-refractivity contribution in [2.45, 2.75) is 6.92 Å². The molecule has 0 atom stereocenters. The zero-order valence-electron chi connectivity index (χ0n) is 13.5. The Labute approximate surface area is 146 Å². The summed E-state index contributed by atoms with van der Waals surface area (Å²) in [5.74, 6) is -1.08. The minimum atomic E-state index is -0.730. The molecule has 0 N–H and O–H groups in total. The van der Waals surface area contributed by atoms with Gasteiger partial charge >= 0.3 is 17.6 Å². The molecule has 0 amide bonds. The van der Waals surface area contributed by atoms with Crippen LogP contribution in [0, 0.1) is 17.0 Å². The van der Waals surface area contributed by atoms with E-state index in [4.69, 9.17) is 9.47 Å². The van der Waals surface area contributed by atoms with E-state index in [1.165, 1.54) is 24.3 Å². The Balaban J connectivity index is 1.91. The van der Waals surface area contributed by atoms with Crippen LogP contribution in [0.2, 0.25) is 0 Å². The molecule has 4 rings (SSSR count). The summed E-state index contributed by atoms with van der Waals surface area (Å²) < 4.78 is 10.5. The Morgan fingerprint density at radius 2 is 1.65 bits per heavy atom. The van der Waals surface area contributed by atoms with Crippen molar-refractivity contribution in [1.82, 2.24) is 0 Å². The van der Waals surface area contributed by atoms with E-state index in [-0.39, 0.29) is 22.6 Å². The highest BCUT2D eigenvalue weighted by molar-refractivity contribution is 6.21. The second-order valence-electron chi connectivity index (χ2n) is 5.85. The van der Waals surface area contributed by atoms with Crippen molar-refractivity contribution < 1.29 is 24.0 Å². The molecule has 1 heterocycles. The zero-order valence-corrected chi connectivity index (χ0v) is 13.5. The van der Waals surface area contributed by atoms with Crippen molar-refractivity contribution in [2.24, 2.45) is 0 Å². The Morgan fingerprint density at radius 1 is 0.962 bits per heavy atom. The van der Waals surface area contributed by atoms with Gasteiger partial charge in [0.15, 0.2) is 0 Å². The first-order chi connectivity index (χ1) is 12.5. The lowest BCUT2D eigenvalue weighted by atomic mass is 9.96. The summed E-state index contributed by atoms with van der Waals surface area (Å²) in [4.78, 5) is 34.7. The first-order valence-electron chi connectivity index (χ1n) is 7.71. The fourth-order valence-electron chi connectivity index (χ4n) is 2.98. The standard InChI is InChI=1S/C19H11NO6/c1-10-5-7-16(14(9-10)20(23)24)25-15-8-6-13-17-11(15)3-2-4-12(17)18(21)26-19(13)22/h2-9H,1H3. The second-order valence-corrected chi connectivity index (χ2v) is 5.85. The molecule has 3 aromatic rings. The number of carbonyl (C=O) groups is 2. The van der Waals surface area contributed by atoms with Gasteiger partial charge in [-0.15, -0.1) is 0 Å². The average Bonchev–Trinajstić information content (AvgIpc) is 2.61. The summed E-state index contributed by atoms with van der Waals surface area (Å²) in [6, 6.07) is 12.5. The Kier molecular flexibility index (Phi) is 3.43. The van der Waals surface area contributed by atoms with Gasteiger partial charge in [-0.05, 0) is 36.8 Å². The fourth-order valence-corrected chi connectivity index (χ4v) is 2.98. The Hall–Kier alpha value is -3.74. The molecular weight excluding hydrogens is 338 g/mol. The van der Waals surface area contributed by atoms with Gasteiger partial charge in [0.05, 0.1) is 16.1 Å². The molecule has 0 saturated carbocycles. The van der Waals surface area contributed by atoms with Crippen LogP contribution in [-0.2, 0) is 4.74 Å². The third-order valence-electron chi connectivity index (χ3n) is 4.16. The highest BCUT2D eigenvalue weighted by atomic mass is 16.6. The van der Waals surface area contributed by atoms with Crippen LogP contribution in [0.4, 0.5) is 5.69 Å². The molecule has 0 aliphatic carbocycles. The van der Waals surface area contributed by atoms with Crippen LogP contribution in [0.15, 0.2) is 48.5 Å². The molecule has 7 nitrogen and oxygen atoms in total. The molecule has 26 heavy (non-hydrogen) atoms. The molecule has 7 heteroatoms. The van der Waals surface area contributed by atoms with Crippen molar-refractivity contribution in [2.75, 3.05) is 0 Å². The highest BCUT2D eigenvalue weighted by Gasteiger charge is 2.28. The number of nitro benzene ring substituents is 1. The SMILES string of the molecule is Cc1ccc(Oc2ccc3c4c(cccc24)C(=O)OC3=O)c([N+](=O)[O-])c1. The van der Waals surface area contributed by atoms with Crippen LogP contribution in [0.3, 0.4) is 0 Å². The lowest BCUT2D eigenvalue weighted by molar-refractivity contribution is -0.385. The normalized spacial score (nSPS) is 12.8. The fraction of sp³-hybridized carbons (Fsp3) is 0.0526. The average molecular weight is 349 g/mol. The van der Waals surface area contributed by atoms with Crippen molar-refractivity contribution in [1.29, 1.82) is 0 Å². The van der Waals surface area contributed by atoms with Gasteiger partial charge < -0.3 is 9.47 Å². The molecule has 0 spiro atoms. The van der Waals surface area contributed by atoms with E-state index in [1.807, 2.05) is 0 Å². The van der Waals surface area contributed by atoms with Gasteiger partial charge in [-0.1, -0.05) is 18.2 Å². The minimum Gasteiger partial charge on any atom is -0.449 e. The molecule has 0 bridgehead atoms. The van der Waals surface area contributed by atoms with Crippen molar-refractivity contribution in [3.05, 3.63) is 75.3 Å². The topological polar surface area (TPSA) is 95.7 Å². The number of carbonyl (C=O) groups excluding carboxylic acids is 2. The number of ether oxygens (including phenoxy) is 2. The van der Waals surface area contributed by atoms with E-state index in [2.05, 4.69) is 0 Å². The van der Waals surface area contributed by atoms with E-state index in [1.54, 1.807) is 31.2 Å². The summed E-state index contributed by atoms with van der Waals surface area (Å²) in [5, 5.41) is 12.2. The van der Waals surface area contributed by atoms with Crippen molar-refractivity contribution in [3.63, 3.8) is 0 Å². The van der Waals surface area contributed by atoms with Crippen LogP contribution in [-0.4, -0.2) is 16.9 Å². The van der Waals surface area contributed by atoms with E-state index < -0.39 is 16.9 Å². The summed E-state index contributed by atoms with van der Waals surface area (Å²) in [6.07, 6.45) is 0. The first-order valence-corrected chi connectivity index (χ1v) is 7.71. The highest BCUT2D eigenvalue weighted by Crippen LogP contribution is 2.39. The number of hydrogen-bond acceptors (Lipinski definition) is 6. The van der Waals surface area contributed by atoms with Crippen LogP contribution in [0.1, 0.15) is 26.3 Å². The van der Waals surface area contributed by atoms with Gasteiger partial charge in [-0.2, -0.15) is 0 Å². The molecule has 0 saturated heterocycles. The maximum Gasteiger partial charge on any atom is 0.346 e. The smallest absolute Gasteiger partial charge is 0.346 e. The van der Waals surface area contributed by atoms with Crippen LogP contribution >= 0.6 is 0 Å². The van der Waals surface area contributed by atoms with Crippen LogP contribution in [0.5, 0.6) is 11.5 Å². The van der Waals surface area contributed by atoms with Gasteiger partial charge in [0.2, 0.25) is 5.75 Å². The number of hydrogen-bond donors (Lipinski definition) is 0. The lowest BCUT2D eigenvalue weighted by Gasteiger charge is -2.17. The van der Waals surface area contributed by atoms with Gasteiger partial charge in [0.1, 0.15) is 5.75 Å². The number of rotatable bonds is 3. The summed E-state index contributed by atoms with van der Waals surface area (Å²) in [7, 11) is 0. The van der Waals surface area contributed by atoms with Gasteiger partial charge in [0.25, 0.3) is 0 Å². The Morgan fingerprint density at radius 3 is 2.38 bits per heavy atom. The van der Waals surface area contributed by atoms with Gasteiger partial charge in [-0.25, -0.2) is 9.59 Å². The summed E-state index contributed by atoms with van der Waals surface area (Å²) in [6.45, 7) is 1.75. The monoisotopic (exact) mass is 349 g/mol. The Bertz CT molecular complexity index is 1100. The number of aryl methyl sites for hydroxylation is 1. The number of nitrogens with zero attached hydrogens (tertiary/aromatic N) is 1. The lowest BCUT2D eigenvalue weighted by Crippen LogP contribution is -2.19. The zero-order chi connectivity index (χ0) is 18.4. The third-order valence-corrected chi connectivity index (χ3v) is 4.16. The van der Waals surface area contributed by atoms with E-state index in [9.17, 15) is 19.7 Å². The van der Waals surface area contributed by atoms with Crippen molar-refractivity contribution in [3.8, 4) is 11.5 Å². The molecule has 3 aromatic carbocycles. The molecule has 0 fully saturated rings. The van der Waals surface area contributed by atoms with E-state index in [0.29, 0.717) is 16.5 Å². The van der Waals surface area contributed by atoms with Gasteiger partial charge in [0, 0.05) is 16.8 Å². The molecule has 0 radical (unpaired) electrons. The van der Waals surface area contributed by atoms with Gasteiger partial charge in [-0.3, -0.25) is 10.1 Å². The van der Waals surface area contributed by atoms with E-state index in [0.717, 1.165) is 5.56 Å². The van der Waals surface area contributed by atoms with Crippen LogP contribution < -0.4 is 4.74 Å². The predicted octanol–water partition coefficient (Wildman–Crippen LogP) is 4.16. The number of cyclic esters (lactones) is 2. The molecule has 0 unspecified atom stereocenters. The molecule has 0 aromatic heterocycles. The molecule has 1 aliphatic rings. The molecule has 128 valence electrons. The predicted molar refractivity (Wildman–Crippen MR) is 91.6 cm³/mol. The third kappa shape index (κ3) is 2.37. The second kappa shape index (κ2) is 5.66. The minimum absolute atomic E-state index is 0.0750. The summed E-state index contributed by atoms with van der Waals surface area (Å²) in [5.41, 5.74) is 1.07. The van der Waals surface area contributed by atoms with Crippen LogP contribution in [0.25, 0.3) is 10.8 Å². The summed E-state index contributed by atoms with van der Waals surface area (Å²) >= 11 is 0. The maximum absolute atomic E-state index is 12.0. The van der Waals surface area contributed by atoms with Crippen molar-refractivity contribution >= 4 is 28.4 Å². The largest absolute Gasteiger partial charge is 0.449 e. The molecular formula is C19H11NO6. The number of esters is 2. The quantitative estimate of drug-likeness (QED) is 0.305. The van der Waals surface area contributed by atoms with E-state index >= 15 is 0 Å².